The van der Waals surface area contributed by atoms with Crippen LogP contribution in [0.4, 0.5) is 5.13 Å². The number of aromatic nitrogens is 1. The molecule has 136 valence electrons. The molecule has 0 aliphatic carbocycles. The van der Waals surface area contributed by atoms with Gasteiger partial charge in [-0.1, -0.05) is 41.7 Å². The van der Waals surface area contributed by atoms with Crippen molar-refractivity contribution >= 4 is 44.4 Å². The first-order valence-electron chi connectivity index (χ1n) is 8.50. The van der Waals surface area contributed by atoms with Gasteiger partial charge in [0.15, 0.2) is 5.13 Å². The van der Waals surface area contributed by atoms with E-state index in [9.17, 15) is 4.79 Å². The summed E-state index contributed by atoms with van der Waals surface area (Å²) >= 11 is 3.30. The number of rotatable bonds is 7. The van der Waals surface area contributed by atoms with E-state index in [0.29, 0.717) is 13.0 Å². The second-order valence-corrected chi connectivity index (χ2v) is 8.23. The van der Waals surface area contributed by atoms with Crippen molar-refractivity contribution in [3.8, 4) is 0 Å². The summed E-state index contributed by atoms with van der Waals surface area (Å²) < 4.78 is 1.12. The normalized spacial score (nSPS) is 11.2. The van der Waals surface area contributed by atoms with Crippen LogP contribution in [0.25, 0.3) is 10.2 Å². The van der Waals surface area contributed by atoms with E-state index < -0.39 is 0 Å². The van der Waals surface area contributed by atoms with E-state index in [-0.39, 0.29) is 5.91 Å². The molecule has 2 aromatic carbocycles. The quantitative estimate of drug-likeness (QED) is 0.572. The number of amides is 1. The number of benzene rings is 2. The molecule has 0 spiro atoms. The van der Waals surface area contributed by atoms with E-state index in [4.69, 9.17) is 4.98 Å². The fraction of sp³-hybridized carbons (Fsp3) is 0.300. The molecule has 0 saturated heterocycles. The maximum atomic E-state index is 13.0. The van der Waals surface area contributed by atoms with E-state index in [1.165, 1.54) is 4.90 Å². The van der Waals surface area contributed by atoms with Gasteiger partial charge in [-0.15, -0.1) is 11.8 Å². The highest BCUT2D eigenvalue weighted by Gasteiger charge is 2.20. The monoisotopic (exact) mass is 385 g/mol. The van der Waals surface area contributed by atoms with Crippen molar-refractivity contribution in [2.45, 2.75) is 11.3 Å². The van der Waals surface area contributed by atoms with Gasteiger partial charge in [0.25, 0.3) is 0 Å². The van der Waals surface area contributed by atoms with E-state index in [1.54, 1.807) is 23.1 Å². The molecule has 1 heterocycles. The fourth-order valence-corrected chi connectivity index (χ4v) is 4.19. The lowest BCUT2D eigenvalue weighted by atomic mass is 10.1. The van der Waals surface area contributed by atoms with E-state index in [0.717, 1.165) is 27.5 Å². The second kappa shape index (κ2) is 8.66. The molecular formula is C20H23N3OS2. The number of thioether (sulfide) groups is 1. The maximum absolute atomic E-state index is 13.0. The van der Waals surface area contributed by atoms with E-state index >= 15 is 0 Å². The summed E-state index contributed by atoms with van der Waals surface area (Å²) in [6.07, 6.45) is 2.45. The summed E-state index contributed by atoms with van der Waals surface area (Å²) in [5.74, 6) is 0.0854. The first-order chi connectivity index (χ1) is 12.6. The number of thiazole rings is 1. The summed E-state index contributed by atoms with van der Waals surface area (Å²) in [5, 5.41) is 0.779. The SMILES string of the molecule is CSc1ccc2nc(N(CCN(C)C)C(=O)Cc3ccccc3)sc2c1. The number of fused-ring (bicyclic) bond motifs is 1. The fourth-order valence-electron chi connectivity index (χ4n) is 2.63. The van der Waals surface area contributed by atoms with Gasteiger partial charge < -0.3 is 4.90 Å². The van der Waals surface area contributed by atoms with Crippen molar-refractivity contribution in [2.24, 2.45) is 0 Å². The van der Waals surface area contributed by atoms with E-state index in [2.05, 4.69) is 23.3 Å². The summed E-state index contributed by atoms with van der Waals surface area (Å²) in [5.41, 5.74) is 1.98. The summed E-state index contributed by atoms with van der Waals surface area (Å²) in [4.78, 5) is 22.8. The molecule has 1 amide bonds. The van der Waals surface area contributed by atoms with E-state index in [1.807, 2.05) is 55.4 Å². The van der Waals surface area contributed by atoms with Crippen molar-refractivity contribution in [2.75, 3.05) is 38.3 Å². The number of likely N-dealkylation sites (N-methyl/N-ethyl adjacent to an activating group) is 1. The van der Waals surface area contributed by atoms with Gasteiger partial charge in [0, 0.05) is 18.0 Å². The Morgan fingerprint density at radius 3 is 2.58 bits per heavy atom. The summed E-state index contributed by atoms with van der Waals surface area (Å²) in [6, 6.07) is 16.1. The third-order valence-corrected chi connectivity index (χ3v) is 5.85. The Hall–Kier alpha value is -1.89. The zero-order valence-corrected chi connectivity index (χ0v) is 16.9. The number of anilines is 1. The molecule has 0 radical (unpaired) electrons. The van der Waals surface area contributed by atoms with Crippen molar-refractivity contribution in [3.63, 3.8) is 0 Å². The van der Waals surface area contributed by atoms with Crippen LogP contribution < -0.4 is 4.90 Å². The molecular weight excluding hydrogens is 362 g/mol. The Balaban J connectivity index is 1.88. The average molecular weight is 386 g/mol. The Kier molecular flexibility index (Phi) is 6.29. The Morgan fingerprint density at radius 1 is 1.12 bits per heavy atom. The second-order valence-electron chi connectivity index (χ2n) is 6.34. The highest BCUT2D eigenvalue weighted by Crippen LogP contribution is 2.31. The molecule has 0 atom stereocenters. The molecule has 0 bridgehead atoms. The van der Waals surface area contributed by atoms with Gasteiger partial charge in [-0.25, -0.2) is 4.98 Å². The number of nitrogens with zero attached hydrogens (tertiary/aromatic N) is 3. The molecule has 0 fully saturated rings. The Morgan fingerprint density at radius 2 is 1.88 bits per heavy atom. The molecule has 6 heteroatoms. The molecule has 3 rings (SSSR count). The van der Waals surface area contributed by atoms with Crippen molar-refractivity contribution in [3.05, 3.63) is 54.1 Å². The zero-order chi connectivity index (χ0) is 18.5. The molecule has 0 aliphatic heterocycles. The summed E-state index contributed by atoms with van der Waals surface area (Å²) in [6.45, 7) is 1.43. The van der Waals surface area contributed by atoms with Gasteiger partial charge in [0.2, 0.25) is 5.91 Å². The molecule has 4 nitrogen and oxygen atoms in total. The predicted molar refractivity (Wildman–Crippen MR) is 112 cm³/mol. The number of hydrogen-bond donors (Lipinski definition) is 0. The first-order valence-corrected chi connectivity index (χ1v) is 10.5. The molecule has 3 aromatic rings. The van der Waals surface area contributed by atoms with Crippen LogP contribution in [0.1, 0.15) is 5.56 Å². The highest BCUT2D eigenvalue weighted by molar-refractivity contribution is 7.98. The average Bonchev–Trinajstić information content (AvgIpc) is 3.05. The van der Waals surface area contributed by atoms with Crippen molar-refractivity contribution in [1.29, 1.82) is 0 Å². The maximum Gasteiger partial charge on any atom is 0.233 e. The van der Waals surface area contributed by atoms with Gasteiger partial charge in [-0.3, -0.25) is 9.69 Å². The lowest BCUT2D eigenvalue weighted by Gasteiger charge is -2.22. The van der Waals surface area contributed by atoms with Crippen molar-refractivity contribution in [1.82, 2.24) is 9.88 Å². The topological polar surface area (TPSA) is 36.4 Å². The van der Waals surface area contributed by atoms with Gasteiger partial charge in [-0.05, 0) is 44.1 Å². The molecule has 0 N–H and O–H groups in total. The van der Waals surface area contributed by atoms with Gasteiger partial charge in [0.1, 0.15) is 0 Å². The lowest BCUT2D eigenvalue weighted by Crippen LogP contribution is -2.37. The minimum absolute atomic E-state index is 0.0854. The third-order valence-electron chi connectivity index (χ3n) is 4.09. The number of hydrogen-bond acceptors (Lipinski definition) is 5. The standard InChI is InChI=1S/C20H23N3OS2/c1-22(2)11-12-23(19(24)13-15-7-5-4-6-8-15)20-21-17-10-9-16(25-3)14-18(17)26-20/h4-10,14H,11-13H2,1-3H3. The van der Waals surface area contributed by atoms with Gasteiger partial charge in [-0.2, -0.15) is 0 Å². The first kappa shape index (κ1) is 18.9. The number of carbonyl (C=O) groups excluding carboxylic acids is 1. The molecule has 26 heavy (non-hydrogen) atoms. The van der Waals surface area contributed by atoms with Crippen LogP contribution in [0, 0.1) is 0 Å². The smallest absolute Gasteiger partial charge is 0.233 e. The predicted octanol–water partition coefficient (Wildman–Crippen LogP) is 4.16. The zero-order valence-electron chi connectivity index (χ0n) is 15.3. The Labute approximate surface area is 162 Å². The molecule has 1 aromatic heterocycles. The Bertz CT molecular complexity index is 877. The third kappa shape index (κ3) is 4.63. The minimum Gasteiger partial charge on any atom is -0.308 e. The van der Waals surface area contributed by atoms with Crippen molar-refractivity contribution < 1.29 is 4.79 Å². The highest BCUT2D eigenvalue weighted by atomic mass is 32.2. The van der Waals surface area contributed by atoms with Gasteiger partial charge in [0.05, 0.1) is 16.6 Å². The van der Waals surface area contributed by atoms with Crippen LogP contribution in [-0.2, 0) is 11.2 Å². The number of carbonyl (C=O) groups is 1. The summed E-state index contributed by atoms with van der Waals surface area (Å²) in [7, 11) is 4.03. The van der Waals surface area contributed by atoms with Crippen LogP contribution in [0.15, 0.2) is 53.4 Å². The van der Waals surface area contributed by atoms with Crippen LogP contribution in [0.2, 0.25) is 0 Å². The van der Waals surface area contributed by atoms with Gasteiger partial charge >= 0.3 is 0 Å². The lowest BCUT2D eigenvalue weighted by molar-refractivity contribution is -0.118. The van der Waals surface area contributed by atoms with Crippen LogP contribution in [-0.4, -0.2) is 49.2 Å². The van der Waals surface area contributed by atoms with Crippen LogP contribution in [0.5, 0.6) is 0 Å². The largest absolute Gasteiger partial charge is 0.308 e. The molecule has 0 unspecified atom stereocenters. The van der Waals surface area contributed by atoms with Crippen LogP contribution in [0.3, 0.4) is 0 Å². The van der Waals surface area contributed by atoms with Crippen LogP contribution >= 0.6 is 23.1 Å². The molecule has 0 aliphatic rings. The molecule has 0 saturated carbocycles. The minimum atomic E-state index is 0.0854.